The van der Waals surface area contributed by atoms with E-state index in [0.717, 1.165) is 25.1 Å². The first kappa shape index (κ1) is 18.4. The molecule has 6 heteroatoms. The molecule has 2 aromatic rings. The number of anilines is 3. The number of nitrogens with one attached hydrogen (secondary N) is 2. The van der Waals surface area contributed by atoms with Gasteiger partial charge < -0.3 is 15.5 Å². The molecule has 2 N–H and O–H groups in total. The van der Waals surface area contributed by atoms with Gasteiger partial charge in [-0.05, 0) is 42.8 Å². The average molecular weight is 340 g/mol. The molecular weight excluding hydrogens is 316 g/mol. The molecule has 132 valence electrons. The minimum absolute atomic E-state index is 0.134. The first-order valence-electron chi connectivity index (χ1n) is 8.35. The van der Waals surface area contributed by atoms with E-state index in [2.05, 4.69) is 27.4 Å². The van der Waals surface area contributed by atoms with Crippen LogP contribution in [-0.2, 0) is 4.79 Å². The van der Waals surface area contributed by atoms with E-state index in [4.69, 9.17) is 0 Å². The lowest BCUT2D eigenvalue weighted by molar-refractivity contribution is -0.114. The molecule has 2 amide bonds. The Morgan fingerprint density at radius 1 is 1.04 bits per heavy atom. The molecule has 0 fully saturated rings. The molecule has 0 aliphatic carbocycles. The van der Waals surface area contributed by atoms with E-state index in [1.165, 1.54) is 6.92 Å². The lowest BCUT2D eigenvalue weighted by atomic mass is 10.2. The molecule has 0 radical (unpaired) electrons. The molecule has 6 nitrogen and oxygen atoms in total. The summed E-state index contributed by atoms with van der Waals surface area (Å²) < 4.78 is 0. The van der Waals surface area contributed by atoms with Crippen LogP contribution in [0.25, 0.3) is 0 Å². The highest BCUT2D eigenvalue weighted by Crippen LogP contribution is 2.16. The topological polar surface area (TPSA) is 74.3 Å². The Kier molecular flexibility index (Phi) is 6.51. The van der Waals surface area contributed by atoms with Crippen molar-refractivity contribution in [2.24, 2.45) is 0 Å². The Hall–Kier alpha value is -2.89. The van der Waals surface area contributed by atoms with Crippen molar-refractivity contribution in [1.29, 1.82) is 0 Å². The summed E-state index contributed by atoms with van der Waals surface area (Å²) in [6.07, 6.45) is 3.97. The zero-order valence-corrected chi connectivity index (χ0v) is 14.9. The summed E-state index contributed by atoms with van der Waals surface area (Å²) in [6, 6.07) is 10.6. The van der Waals surface area contributed by atoms with Gasteiger partial charge in [0.25, 0.3) is 5.91 Å². The van der Waals surface area contributed by atoms with Crippen LogP contribution in [0.15, 0.2) is 42.6 Å². The Morgan fingerprint density at radius 3 is 2.20 bits per heavy atom. The van der Waals surface area contributed by atoms with Crippen molar-refractivity contribution in [3.63, 3.8) is 0 Å². The maximum absolute atomic E-state index is 12.3. The largest absolute Gasteiger partial charge is 0.373 e. The predicted octanol–water partition coefficient (Wildman–Crippen LogP) is 3.53. The van der Waals surface area contributed by atoms with Gasteiger partial charge in [-0.1, -0.05) is 13.3 Å². The summed E-state index contributed by atoms with van der Waals surface area (Å²) in [7, 11) is 2.02. The van der Waals surface area contributed by atoms with Crippen molar-refractivity contribution in [2.75, 3.05) is 29.1 Å². The fraction of sp³-hybridized carbons (Fsp3) is 0.316. The third-order valence-corrected chi connectivity index (χ3v) is 3.73. The van der Waals surface area contributed by atoms with Gasteiger partial charge in [0.15, 0.2) is 0 Å². The normalized spacial score (nSPS) is 10.2. The molecule has 0 saturated carbocycles. The molecule has 0 aliphatic rings. The number of carbonyl (C=O) groups is 2. The lowest BCUT2D eigenvalue weighted by Gasteiger charge is -2.18. The SMILES string of the molecule is CCCCN(C)c1ccc(C(=O)Nc2ccc(NC(C)=O)cc2)nc1. The standard InChI is InChI=1S/C19H24N4O2/c1-4-5-12-23(3)17-10-11-18(20-13-17)19(25)22-16-8-6-15(7-9-16)21-14(2)24/h6-11,13H,4-5,12H2,1-3H3,(H,21,24)(H,22,25). The van der Waals surface area contributed by atoms with Crippen molar-refractivity contribution in [3.05, 3.63) is 48.3 Å². The number of unbranched alkanes of at least 4 members (excludes halogenated alkanes) is 1. The number of amides is 2. The second kappa shape index (κ2) is 8.82. The van der Waals surface area contributed by atoms with Crippen molar-refractivity contribution >= 4 is 28.9 Å². The molecule has 0 bridgehead atoms. The van der Waals surface area contributed by atoms with Crippen LogP contribution in [0.3, 0.4) is 0 Å². The lowest BCUT2D eigenvalue weighted by Crippen LogP contribution is -2.19. The van der Waals surface area contributed by atoms with Crippen molar-refractivity contribution in [2.45, 2.75) is 26.7 Å². The molecule has 0 unspecified atom stereocenters. The Balaban J connectivity index is 1.97. The molecule has 0 saturated heterocycles. The zero-order valence-electron chi connectivity index (χ0n) is 14.9. The van der Waals surface area contributed by atoms with Crippen LogP contribution in [0.1, 0.15) is 37.2 Å². The van der Waals surface area contributed by atoms with Crippen molar-refractivity contribution < 1.29 is 9.59 Å². The fourth-order valence-electron chi connectivity index (χ4n) is 2.31. The second-order valence-corrected chi connectivity index (χ2v) is 5.89. The quantitative estimate of drug-likeness (QED) is 0.808. The van der Waals surface area contributed by atoms with Crippen LogP contribution in [0.4, 0.5) is 17.1 Å². The van der Waals surface area contributed by atoms with Gasteiger partial charge in [-0.15, -0.1) is 0 Å². The number of rotatable bonds is 7. The zero-order chi connectivity index (χ0) is 18.2. The number of pyridine rings is 1. The van der Waals surface area contributed by atoms with Gasteiger partial charge in [0.2, 0.25) is 5.91 Å². The third-order valence-electron chi connectivity index (χ3n) is 3.73. The summed E-state index contributed by atoms with van der Waals surface area (Å²) in [5.41, 5.74) is 2.68. The highest BCUT2D eigenvalue weighted by Gasteiger charge is 2.09. The van der Waals surface area contributed by atoms with Gasteiger partial charge in [0.1, 0.15) is 5.69 Å². The predicted molar refractivity (Wildman–Crippen MR) is 101 cm³/mol. The van der Waals surface area contributed by atoms with E-state index >= 15 is 0 Å². The molecule has 0 atom stereocenters. The summed E-state index contributed by atoms with van der Waals surface area (Å²) >= 11 is 0. The van der Waals surface area contributed by atoms with E-state index in [-0.39, 0.29) is 11.8 Å². The Morgan fingerprint density at radius 2 is 1.68 bits per heavy atom. The summed E-state index contributed by atoms with van der Waals surface area (Å²) in [5.74, 6) is -0.403. The number of carbonyl (C=O) groups excluding carboxylic acids is 2. The summed E-state index contributed by atoms with van der Waals surface area (Å²) in [6.45, 7) is 4.57. The number of benzene rings is 1. The van der Waals surface area contributed by atoms with Crippen LogP contribution in [-0.4, -0.2) is 30.4 Å². The van der Waals surface area contributed by atoms with Gasteiger partial charge in [-0.3, -0.25) is 9.59 Å². The van der Waals surface area contributed by atoms with Crippen LogP contribution in [0.2, 0.25) is 0 Å². The molecule has 25 heavy (non-hydrogen) atoms. The van der Waals surface area contributed by atoms with E-state index in [9.17, 15) is 9.59 Å². The maximum atomic E-state index is 12.3. The summed E-state index contributed by atoms with van der Waals surface area (Å²) in [4.78, 5) is 29.6. The summed E-state index contributed by atoms with van der Waals surface area (Å²) in [5, 5.41) is 5.47. The number of hydrogen-bond acceptors (Lipinski definition) is 4. The van der Waals surface area contributed by atoms with Crippen LogP contribution in [0.5, 0.6) is 0 Å². The van der Waals surface area contributed by atoms with E-state index in [1.54, 1.807) is 36.5 Å². The Labute approximate surface area is 148 Å². The van der Waals surface area contributed by atoms with Gasteiger partial charge in [-0.2, -0.15) is 0 Å². The second-order valence-electron chi connectivity index (χ2n) is 5.89. The van der Waals surface area contributed by atoms with Crippen molar-refractivity contribution in [1.82, 2.24) is 4.98 Å². The maximum Gasteiger partial charge on any atom is 0.274 e. The van der Waals surface area contributed by atoms with E-state index in [1.807, 2.05) is 13.1 Å². The van der Waals surface area contributed by atoms with E-state index < -0.39 is 0 Å². The fourth-order valence-corrected chi connectivity index (χ4v) is 2.31. The Bertz CT molecular complexity index is 711. The smallest absolute Gasteiger partial charge is 0.274 e. The molecule has 0 spiro atoms. The van der Waals surface area contributed by atoms with Crippen molar-refractivity contribution in [3.8, 4) is 0 Å². The molecule has 1 aromatic carbocycles. The molecule has 0 aliphatic heterocycles. The number of hydrogen-bond donors (Lipinski definition) is 2. The monoisotopic (exact) mass is 340 g/mol. The van der Waals surface area contributed by atoms with Gasteiger partial charge in [-0.25, -0.2) is 4.98 Å². The first-order chi connectivity index (χ1) is 12.0. The van der Waals surface area contributed by atoms with Crippen LogP contribution >= 0.6 is 0 Å². The molecule has 2 rings (SSSR count). The molecular formula is C19H24N4O2. The molecule has 1 heterocycles. The number of nitrogens with zero attached hydrogens (tertiary/aromatic N) is 2. The highest BCUT2D eigenvalue weighted by atomic mass is 16.2. The van der Waals surface area contributed by atoms with Crippen LogP contribution < -0.4 is 15.5 Å². The third kappa shape index (κ3) is 5.60. The van der Waals surface area contributed by atoms with Gasteiger partial charge >= 0.3 is 0 Å². The first-order valence-corrected chi connectivity index (χ1v) is 8.35. The number of aromatic nitrogens is 1. The van der Waals surface area contributed by atoms with Gasteiger partial charge in [0, 0.05) is 31.9 Å². The van der Waals surface area contributed by atoms with E-state index in [0.29, 0.717) is 17.1 Å². The average Bonchev–Trinajstić information content (AvgIpc) is 2.61. The van der Waals surface area contributed by atoms with Gasteiger partial charge in [0.05, 0.1) is 11.9 Å². The minimum atomic E-state index is -0.268. The highest BCUT2D eigenvalue weighted by molar-refractivity contribution is 6.03. The minimum Gasteiger partial charge on any atom is -0.373 e. The molecule has 1 aromatic heterocycles. The van der Waals surface area contributed by atoms with Crippen LogP contribution in [0, 0.1) is 0 Å².